The molecule has 6 N–H and O–H groups in total. The fourth-order valence-electron chi connectivity index (χ4n) is 4.84. The molecule has 252 valence electrons. The molecule has 0 aromatic carbocycles. The van der Waals surface area contributed by atoms with E-state index in [0.29, 0.717) is 25.7 Å². The quantitative estimate of drug-likeness (QED) is 0.0875. The van der Waals surface area contributed by atoms with Crippen LogP contribution >= 0.6 is 0 Å². The van der Waals surface area contributed by atoms with Crippen molar-refractivity contribution in [2.75, 3.05) is 6.61 Å². The Kier molecular flexibility index (Phi) is 14.4. The van der Waals surface area contributed by atoms with Crippen LogP contribution in [0.25, 0.3) is 0 Å². The first-order chi connectivity index (χ1) is 20.5. The van der Waals surface area contributed by atoms with Crippen LogP contribution in [0.1, 0.15) is 67.2 Å². The number of aliphatic hydroxyl groups excluding tert-OH is 5. The van der Waals surface area contributed by atoms with E-state index >= 15 is 0 Å². The van der Waals surface area contributed by atoms with Crippen molar-refractivity contribution in [3.63, 3.8) is 0 Å². The molecule has 2 heterocycles. The van der Waals surface area contributed by atoms with Gasteiger partial charge in [0, 0.05) is 5.57 Å². The van der Waals surface area contributed by atoms with Gasteiger partial charge in [-0.3, -0.25) is 0 Å². The van der Waals surface area contributed by atoms with Crippen LogP contribution in [0.4, 0.5) is 0 Å². The molecule has 0 spiro atoms. The number of rotatable bonds is 15. The summed E-state index contributed by atoms with van der Waals surface area (Å²) in [4.78, 5) is 12.7. The maximum Gasteiger partial charge on any atom is 0.333 e. The van der Waals surface area contributed by atoms with Crippen LogP contribution in [0.3, 0.4) is 0 Å². The van der Waals surface area contributed by atoms with Gasteiger partial charge < -0.3 is 54.3 Å². The van der Waals surface area contributed by atoms with Crippen LogP contribution in [0.15, 0.2) is 48.6 Å². The van der Waals surface area contributed by atoms with E-state index < -0.39 is 85.2 Å². The van der Waals surface area contributed by atoms with Crippen LogP contribution in [0.5, 0.6) is 0 Å². The Balaban J connectivity index is 2.17. The van der Waals surface area contributed by atoms with Gasteiger partial charge in [0.2, 0.25) is 0 Å². The molecule has 0 aromatic heterocycles. The standard InChI is InChI=1S/C32H52O12/c1-9-31(7,39)15-12-14-19(5)28(38)42-26-20(6)40-29(25(37)24(26)36)43-27-23(35)22(34)21(17-33)41-30(27)44-32(8,10-2)16-11-13-18(3)4/h9-10,13-14,20-27,29-30,33-37,39H,1-2,11-12,15-17H2,3-8H3/b19-14+/t20-,21+,22+,23-,24-,25+,26-,27+,29-,30-,31-,32-/m0/s1. The molecule has 0 bridgehead atoms. The lowest BCUT2D eigenvalue weighted by Crippen LogP contribution is -2.65. The lowest BCUT2D eigenvalue weighted by molar-refractivity contribution is -0.373. The third kappa shape index (κ3) is 10.3. The highest BCUT2D eigenvalue weighted by atomic mass is 16.8. The fraction of sp³-hybridized carbons (Fsp3) is 0.719. The predicted octanol–water partition coefficient (Wildman–Crippen LogP) is 1.56. The largest absolute Gasteiger partial charge is 0.453 e. The number of esters is 1. The first-order valence-corrected chi connectivity index (χ1v) is 15.0. The lowest BCUT2D eigenvalue weighted by Gasteiger charge is -2.47. The molecule has 12 atom stereocenters. The van der Waals surface area contributed by atoms with Crippen molar-refractivity contribution >= 4 is 5.97 Å². The van der Waals surface area contributed by atoms with Gasteiger partial charge in [-0.2, -0.15) is 0 Å². The van der Waals surface area contributed by atoms with Crippen molar-refractivity contribution in [3.05, 3.63) is 48.6 Å². The summed E-state index contributed by atoms with van der Waals surface area (Å²) in [7, 11) is 0. The number of ether oxygens (including phenoxy) is 5. The van der Waals surface area contributed by atoms with Crippen LogP contribution in [-0.2, 0) is 28.5 Å². The number of allylic oxidation sites excluding steroid dienone is 3. The fourth-order valence-corrected chi connectivity index (χ4v) is 4.84. The zero-order valence-electron chi connectivity index (χ0n) is 26.7. The molecule has 0 amide bonds. The highest BCUT2D eigenvalue weighted by Crippen LogP contribution is 2.34. The minimum Gasteiger partial charge on any atom is -0.453 e. The second-order valence-electron chi connectivity index (χ2n) is 12.3. The lowest BCUT2D eigenvalue weighted by atomic mass is 9.96. The normalized spacial score (nSPS) is 35.6. The zero-order valence-corrected chi connectivity index (χ0v) is 26.7. The minimum absolute atomic E-state index is 0.238. The zero-order chi connectivity index (χ0) is 33.4. The van der Waals surface area contributed by atoms with Crippen molar-refractivity contribution in [3.8, 4) is 0 Å². The molecule has 12 heteroatoms. The molecule has 0 aromatic rings. The topological polar surface area (TPSA) is 185 Å². The Bertz CT molecular complexity index is 1020. The summed E-state index contributed by atoms with van der Waals surface area (Å²) in [5.41, 5.74) is -0.699. The average Bonchev–Trinajstić information content (AvgIpc) is 2.96. The molecule has 0 unspecified atom stereocenters. The average molecular weight is 629 g/mol. The molecule has 0 radical (unpaired) electrons. The summed E-state index contributed by atoms with van der Waals surface area (Å²) in [5.74, 6) is -0.742. The predicted molar refractivity (Wildman–Crippen MR) is 161 cm³/mol. The molecule has 2 rings (SSSR count). The summed E-state index contributed by atoms with van der Waals surface area (Å²) in [5, 5.41) is 63.1. The summed E-state index contributed by atoms with van der Waals surface area (Å²) < 4.78 is 29.1. The molecule has 0 saturated carbocycles. The number of hydrogen-bond donors (Lipinski definition) is 6. The molecular weight excluding hydrogens is 576 g/mol. The van der Waals surface area contributed by atoms with E-state index in [4.69, 9.17) is 23.7 Å². The molecule has 44 heavy (non-hydrogen) atoms. The van der Waals surface area contributed by atoms with Crippen molar-refractivity contribution in [1.29, 1.82) is 0 Å². The number of carbonyl (C=O) groups excluding carboxylic acids is 1. The van der Waals surface area contributed by atoms with Gasteiger partial charge in [0.05, 0.1) is 23.9 Å². The molecule has 12 nitrogen and oxygen atoms in total. The Morgan fingerprint density at radius 3 is 2.05 bits per heavy atom. The highest BCUT2D eigenvalue weighted by Gasteiger charge is 2.52. The summed E-state index contributed by atoms with van der Waals surface area (Å²) in [6.07, 6.45) is -5.84. The van der Waals surface area contributed by atoms with Gasteiger partial charge in [-0.05, 0) is 67.2 Å². The van der Waals surface area contributed by atoms with Gasteiger partial charge in [0.1, 0.15) is 36.6 Å². The Morgan fingerprint density at radius 1 is 0.864 bits per heavy atom. The van der Waals surface area contributed by atoms with E-state index in [1.54, 1.807) is 26.0 Å². The molecule has 2 aliphatic heterocycles. The second kappa shape index (κ2) is 16.5. The number of carbonyl (C=O) groups is 1. The van der Waals surface area contributed by atoms with E-state index in [1.807, 2.05) is 19.9 Å². The summed E-state index contributed by atoms with van der Waals surface area (Å²) in [6, 6.07) is 0. The van der Waals surface area contributed by atoms with E-state index in [0.717, 1.165) is 5.57 Å². The van der Waals surface area contributed by atoms with Crippen LogP contribution in [0, 0.1) is 0 Å². The molecular formula is C32H52O12. The second-order valence-corrected chi connectivity index (χ2v) is 12.3. The van der Waals surface area contributed by atoms with E-state index in [1.165, 1.54) is 19.9 Å². The maximum atomic E-state index is 12.7. The summed E-state index contributed by atoms with van der Waals surface area (Å²) in [6.45, 7) is 17.2. The Labute approximate surface area is 260 Å². The van der Waals surface area contributed by atoms with Crippen molar-refractivity contribution < 1.29 is 59.1 Å². The van der Waals surface area contributed by atoms with Gasteiger partial charge in [-0.25, -0.2) is 4.79 Å². The van der Waals surface area contributed by atoms with Gasteiger partial charge in [0.15, 0.2) is 18.7 Å². The minimum atomic E-state index is -1.74. The van der Waals surface area contributed by atoms with Gasteiger partial charge in [0.25, 0.3) is 0 Å². The number of aliphatic hydroxyl groups is 6. The molecule has 2 fully saturated rings. The van der Waals surface area contributed by atoms with E-state index in [-0.39, 0.29) is 5.57 Å². The number of hydrogen-bond acceptors (Lipinski definition) is 12. The molecule has 0 aliphatic carbocycles. The van der Waals surface area contributed by atoms with Gasteiger partial charge in [-0.15, -0.1) is 13.2 Å². The van der Waals surface area contributed by atoms with Crippen molar-refractivity contribution in [2.45, 2.75) is 140 Å². The van der Waals surface area contributed by atoms with Crippen molar-refractivity contribution in [2.24, 2.45) is 0 Å². The van der Waals surface area contributed by atoms with Gasteiger partial charge in [-0.1, -0.05) is 29.9 Å². The van der Waals surface area contributed by atoms with Gasteiger partial charge >= 0.3 is 5.97 Å². The molecule has 2 saturated heterocycles. The smallest absolute Gasteiger partial charge is 0.333 e. The highest BCUT2D eigenvalue weighted by molar-refractivity contribution is 5.87. The Morgan fingerprint density at radius 2 is 1.48 bits per heavy atom. The van der Waals surface area contributed by atoms with Crippen LogP contribution < -0.4 is 0 Å². The van der Waals surface area contributed by atoms with E-state index in [2.05, 4.69) is 13.2 Å². The summed E-state index contributed by atoms with van der Waals surface area (Å²) >= 11 is 0. The third-order valence-corrected chi connectivity index (χ3v) is 8.01. The molecule has 2 aliphatic rings. The van der Waals surface area contributed by atoms with Crippen LogP contribution in [-0.4, -0.2) is 116 Å². The first kappa shape index (κ1) is 38.2. The SMILES string of the molecule is C=C[C@](C)(O)CC/C=C(\C)C(=O)O[C@@H]1[C@@H](O)[C@@H](O)[C@H](O[C@H]2[C@H](O[C@@](C)(C=C)CCC=C(C)C)O[C@H](CO)[C@@H](O)[C@@H]2O)O[C@H]1C. The Hall–Kier alpha value is -1.97. The maximum absolute atomic E-state index is 12.7. The first-order valence-electron chi connectivity index (χ1n) is 15.0. The third-order valence-electron chi connectivity index (χ3n) is 8.01. The van der Waals surface area contributed by atoms with Crippen molar-refractivity contribution in [1.82, 2.24) is 0 Å². The monoisotopic (exact) mass is 628 g/mol. The van der Waals surface area contributed by atoms with Crippen LogP contribution in [0.2, 0.25) is 0 Å². The van der Waals surface area contributed by atoms with E-state index in [9.17, 15) is 35.4 Å².